The Bertz CT molecular complexity index is 933. The van der Waals surface area contributed by atoms with Crippen LogP contribution in [0.3, 0.4) is 0 Å². The van der Waals surface area contributed by atoms with Gasteiger partial charge < -0.3 is 8.84 Å². The van der Waals surface area contributed by atoms with Crippen molar-refractivity contribution >= 4 is 30.3 Å². The molecule has 0 fully saturated rings. The van der Waals surface area contributed by atoms with Crippen LogP contribution >= 0.6 is 0 Å². The zero-order chi connectivity index (χ0) is 16.8. The summed E-state index contributed by atoms with van der Waals surface area (Å²) in [6.07, 6.45) is 0. The molecular formula is C19H22O3Si. The minimum absolute atomic E-state index is 0.0313. The van der Waals surface area contributed by atoms with Gasteiger partial charge in [-0.3, -0.25) is 4.79 Å². The summed E-state index contributed by atoms with van der Waals surface area (Å²) in [4.78, 5) is 12.9. The number of hydrogen-bond donors (Lipinski definition) is 0. The third kappa shape index (κ3) is 2.68. The zero-order valence-corrected chi connectivity index (χ0v) is 15.3. The standard InChI is InChI=1S/C19H22O3Si/c1-19(2,3)23(4,5)22-16-12-8-11-15-17(16)18(20)13-9-6-7-10-14(13)21-15/h6-12H,1-5H3. The van der Waals surface area contributed by atoms with Crippen molar-refractivity contribution in [3.8, 4) is 5.75 Å². The molecule has 4 heteroatoms. The van der Waals surface area contributed by atoms with Gasteiger partial charge in [0.05, 0.1) is 5.39 Å². The lowest BCUT2D eigenvalue weighted by Gasteiger charge is -2.36. The quantitative estimate of drug-likeness (QED) is 0.472. The monoisotopic (exact) mass is 326 g/mol. The molecule has 0 aliphatic rings. The molecule has 120 valence electrons. The maximum absolute atomic E-state index is 12.9. The van der Waals surface area contributed by atoms with Crippen LogP contribution in [0, 0.1) is 0 Å². The van der Waals surface area contributed by atoms with Gasteiger partial charge in [-0.2, -0.15) is 0 Å². The molecule has 0 N–H and O–H groups in total. The van der Waals surface area contributed by atoms with E-state index in [1.165, 1.54) is 0 Å². The first-order valence-electron chi connectivity index (χ1n) is 7.84. The fraction of sp³-hybridized carbons (Fsp3) is 0.316. The van der Waals surface area contributed by atoms with Gasteiger partial charge in [0.1, 0.15) is 22.3 Å². The molecule has 0 bridgehead atoms. The molecule has 0 saturated carbocycles. The smallest absolute Gasteiger partial charge is 0.250 e. The Balaban J connectivity index is 2.27. The molecule has 0 spiro atoms. The Morgan fingerprint density at radius 1 is 0.957 bits per heavy atom. The van der Waals surface area contributed by atoms with Crippen molar-refractivity contribution in [2.75, 3.05) is 0 Å². The predicted molar refractivity (Wildman–Crippen MR) is 97.8 cm³/mol. The Hall–Kier alpha value is -2.07. The first kappa shape index (κ1) is 15.8. The summed E-state index contributed by atoms with van der Waals surface area (Å²) in [5.41, 5.74) is 1.15. The Morgan fingerprint density at radius 2 is 1.61 bits per heavy atom. The van der Waals surface area contributed by atoms with Crippen molar-refractivity contribution in [1.29, 1.82) is 0 Å². The average molecular weight is 326 g/mol. The minimum atomic E-state index is -2.03. The molecule has 3 nitrogen and oxygen atoms in total. The second kappa shape index (κ2) is 5.23. The van der Waals surface area contributed by atoms with Gasteiger partial charge in [0, 0.05) is 0 Å². The molecule has 1 heterocycles. The Kier molecular flexibility index (Phi) is 3.60. The molecule has 0 radical (unpaired) electrons. The molecule has 3 rings (SSSR count). The summed E-state index contributed by atoms with van der Waals surface area (Å²) in [7, 11) is -2.03. The van der Waals surface area contributed by atoms with Gasteiger partial charge in [0.2, 0.25) is 5.43 Å². The summed E-state index contributed by atoms with van der Waals surface area (Å²) in [6.45, 7) is 10.9. The lowest BCUT2D eigenvalue weighted by molar-refractivity contribution is 0.495. The van der Waals surface area contributed by atoms with Gasteiger partial charge in [-0.1, -0.05) is 39.0 Å². The molecule has 0 unspecified atom stereocenters. The van der Waals surface area contributed by atoms with E-state index in [9.17, 15) is 4.79 Å². The minimum Gasteiger partial charge on any atom is -0.543 e. The number of rotatable bonds is 2. The van der Waals surface area contributed by atoms with Crippen LogP contribution in [0.25, 0.3) is 21.9 Å². The van der Waals surface area contributed by atoms with E-state index < -0.39 is 8.32 Å². The number of para-hydroxylation sites is 1. The van der Waals surface area contributed by atoms with Gasteiger partial charge >= 0.3 is 0 Å². The van der Waals surface area contributed by atoms with Crippen LogP contribution in [0.2, 0.25) is 18.1 Å². The van der Waals surface area contributed by atoms with Gasteiger partial charge in [0.15, 0.2) is 0 Å². The predicted octanol–water partition coefficient (Wildman–Crippen LogP) is 5.33. The second-order valence-electron chi connectivity index (χ2n) is 7.42. The maximum atomic E-state index is 12.9. The highest BCUT2D eigenvalue weighted by Gasteiger charge is 2.39. The highest BCUT2D eigenvalue weighted by atomic mass is 28.4. The molecule has 0 amide bonds. The fourth-order valence-corrected chi connectivity index (χ4v) is 3.36. The average Bonchev–Trinajstić information content (AvgIpc) is 2.46. The van der Waals surface area contributed by atoms with Crippen LogP contribution in [-0.4, -0.2) is 8.32 Å². The Labute approximate surface area is 137 Å². The molecular weight excluding hydrogens is 304 g/mol. The summed E-state index contributed by atoms with van der Waals surface area (Å²) in [5, 5.41) is 1.19. The molecule has 0 aliphatic heterocycles. The lowest BCUT2D eigenvalue weighted by atomic mass is 10.1. The van der Waals surface area contributed by atoms with Crippen LogP contribution in [0.5, 0.6) is 5.75 Å². The first-order valence-corrected chi connectivity index (χ1v) is 10.8. The van der Waals surface area contributed by atoms with E-state index in [4.69, 9.17) is 8.84 Å². The second-order valence-corrected chi connectivity index (χ2v) is 12.1. The zero-order valence-electron chi connectivity index (χ0n) is 14.3. The third-order valence-corrected chi connectivity index (χ3v) is 9.08. The van der Waals surface area contributed by atoms with Crippen molar-refractivity contribution < 1.29 is 8.84 Å². The Morgan fingerprint density at radius 3 is 2.30 bits per heavy atom. The van der Waals surface area contributed by atoms with Crippen LogP contribution in [0.1, 0.15) is 20.8 Å². The first-order chi connectivity index (χ1) is 10.7. The largest absolute Gasteiger partial charge is 0.543 e. The normalized spacial score (nSPS) is 12.7. The highest BCUT2D eigenvalue weighted by molar-refractivity contribution is 6.74. The van der Waals surface area contributed by atoms with Gasteiger partial charge in [-0.15, -0.1) is 0 Å². The van der Waals surface area contributed by atoms with E-state index in [2.05, 4.69) is 33.9 Å². The van der Waals surface area contributed by atoms with Gasteiger partial charge in [-0.05, 0) is 42.4 Å². The van der Waals surface area contributed by atoms with Crippen LogP contribution in [-0.2, 0) is 0 Å². The SMILES string of the molecule is CC(C)(C)[Si](C)(C)Oc1cccc2oc3ccccc3c(=O)c12. The van der Waals surface area contributed by atoms with Crippen molar-refractivity contribution in [1.82, 2.24) is 0 Å². The summed E-state index contributed by atoms with van der Waals surface area (Å²) in [6, 6.07) is 12.9. The van der Waals surface area contributed by atoms with Crippen molar-refractivity contribution in [3.05, 3.63) is 52.7 Å². The summed E-state index contributed by atoms with van der Waals surface area (Å²) >= 11 is 0. The van der Waals surface area contributed by atoms with Crippen molar-refractivity contribution in [2.24, 2.45) is 0 Å². The van der Waals surface area contributed by atoms with E-state index in [1.54, 1.807) is 6.07 Å². The topological polar surface area (TPSA) is 39.4 Å². The van der Waals surface area contributed by atoms with E-state index in [0.29, 0.717) is 27.7 Å². The molecule has 0 saturated heterocycles. The highest BCUT2D eigenvalue weighted by Crippen LogP contribution is 2.38. The fourth-order valence-electron chi connectivity index (χ4n) is 2.33. The number of benzene rings is 2. The molecule has 0 aliphatic carbocycles. The van der Waals surface area contributed by atoms with Crippen molar-refractivity contribution in [2.45, 2.75) is 38.9 Å². The van der Waals surface area contributed by atoms with E-state index in [1.807, 2.05) is 36.4 Å². The van der Waals surface area contributed by atoms with Crippen LogP contribution in [0.4, 0.5) is 0 Å². The lowest BCUT2D eigenvalue weighted by Crippen LogP contribution is -2.44. The maximum Gasteiger partial charge on any atom is 0.250 e. The molecule has 3 aromatic rings. The third-order valence-electron chi connectivity index (χ3n) is 4.74. The summed E-state index contributed by atoms with van der Waals surface area (Å²) in [5.74, 6) is 0.633. The van der Waals surface area contributed by atoms with Gasteiger partial charge in [-0.25, -0.2) is 0 Å². The number of hydrogen-bond acceptors (Lipinski definition) is 3. The molecule has 1 aromatic heterocycles. The van der Waals surface area contributed by atoms with Crippen molar-refractivity contribution in [3.63, 3.8) is 0 Å². The van der Waals surface area contributed by atoms with E-state index in [-0.39, 0.29) is 10.5 Å². The van der Waals surface area contributed by atoms with Gasteiger partial charge in [0.25, 0.3) is 8.32 Å². The van der Waals surface area contributed by atoms with E-state index >= 15 is 0 Å². The number of fused-ring (bicyclic) bond motifs is 2. The summed E-state index contributed by atoms with van der Waals surface area (Å²) < 4.78 is 12.3. The molecule has 23 heavy (non-hydrogen) atoms. The van der Waals surface area contributed by atoms with Crippen LogP contribution < -0.4 is 9.85 Å². The molecule has 2 aromatic carbocycles. The van der Waals surface area contributed by atoms with Crippen LogP contribution in [0.15, 0.2) is 51.7 Å². The molecule has 0 atom stereocenters. The van der Waals surface area contributed by atoms with E-state index in [0.717, 1.165) is 0 Å².